The van der Waals surface area contributed by atoms with E-state index in [1.54, 1.807) is 25.1 Å². The Hall–Kier alpha value is -4.18. The third-order valence-electron chi connectivity index (χ3n) is 4.63. The van der Waals surface area contributed by atoms with E-state index in [-0.39, 0.29) is 29.1 Å². The molecule has 2 N–H and O–H groups in total. The van der Waals surface area contributed by atoms with Gasteiger partial charge in [0.1, 0.15) is 0 Å². The van der Waals surface area contributed by atoms with Gasteiger partial charge in [-0.25, -0.2) is 18.0 Å². The number of benzene rings is 3. The van der Waals surface area contributed by atoms with Crippen molar-refractivity contribution >= 4 is 39.2 Å². The van der Waals surface area contributed by atoms with Crippen molar-refractivity contribution < 1.29 is 32.3 Å². The summed E-state index contributed by atoms with van der Waals surface area (Å²) in [5, 5.41) is 2.57. The molecule has 10 heteroatoms. The van der Waals surface area contributed by atoms with Gasteiger partial charge in [-0.2, -0.15) is 0 Å². The van der Waals surface area contributed by atoms with Crippen molar-refractivity contribution in [1.82, 2.24) is 0 Å². The number of sulfonamides is 1. The van der Waals surface area contributed by atoms with Crippen LogP contribution < -0.4 is 10.0 Å². The van der Waals surface area contributed by atoms with Crippen LogP contribution in [0.3, 0.4) is 0 Å². The fraction of sp³-hybridized carbons (Fsp3) is 0.160. The van der Waals surface area contributed by atoms with Crippen molar-refractivity contribution in [1.29, 1.82) is 0 Å². The minimum Gasteiger partial charge on any atom is -0.462 e. The summed E-state index contributed by atoms with van der Waals surface area (Å²) < 4.78 is 35.2. The van der Waals surface area contributed by atoms with Crippen LogP contribution in [0, 0.1) is 0 Å². The monoisotopic (exact) mass is 496 g/mol. The van der Waals surface area contributed by atoms with E-state index in [9.17, 15) is 22.8 Å². The Kier molecular flexibility index (Phi) is 8.21. The standard InChI is InChI=1S/C25H24N2O7S/c1-3-33-25(30)21-15-18(17-8-5-4-6-9-17)12-13-22(21)26-23(28)16-34-24(29)19-10-7-11-20(14-19)27-35(2,31)32/h4-15,27H,3,16H2,1-2H3,(H,26,28). The number of nitrogens with one attached hydrogen (secondary N) is 2. The third-order valence-corrected chi connectivity index (χ3v) is 5.24. The zero-order chi connectivity index (χ0) is 25.4. The van der Waals surface area contributed by atoms with Crippen molar-refractivity contribution in [3.8, 4) is 11.1 Å². The maximum absolute atomic E-state index is 12.5. The molecule has 0 aromatic heterocycles. The fourth-order valence-corrected chi connectivity index (χ4v) is 3.72. The van der Waals surface area contributed by atoms with Gasteiger partial charge in [0.2, 0.25) is 10.0 Å². The smallest absolute Gasteiger partial charge is 0.340 e. The van der Waals surface area contributed by atoms with Crippen molar-refractivity contribution in [2.75, 3.05) is 29.5 Å². The summed E-state index contributed by atoms with van der Waals surface area (Å²) in [6, 6.07) is 20.0. The van der Waals surface area contributed by atoms with Crippen molar-refractivity contribution in [3.05, 3.63) is 83.9 Å². The highest BCUT2D eigenvalue weighted by Crippen LogP contribution is 2.26. The summed E-state index contributed by atoms with van der Waals surface area (Å²) in [5.74, 6) is -2.09. The van der Waals surface area contributed by atoms with Gasteiger partial charge in [0.15, 0.2) is 6.61 Å². The second kappa shape index (κ2) is 11.3. The average Bonchev–Trinajstić information content (AvgIpc) is 2.82. The average molecular weight is 497 g/mol. The van der Waals surface area contributed by atoms with Gasteiger partial charge in [0, 0.05) is 5.69 Å². The summed E-state index contributed by atoms with van der Waals surface area (Å²) in [7, 11) is -3.52. The lowest BCUT2D eigenvalue weighted by molar-refractivity contribution is -0.119. The molecule has 0 heterocycles. The van der Waals surface area contributed by atoms with Crippen LogP contribution in [0.2, 0.25) is 0 Å². The van der Waals surface area contributed by atoms with Crippen LogP contribution in [0.5, 0.6) is 0 Å². The Labute approximate surface area is 203 Å². The lowest BCUT2D eigenvalue weighted by Gasteiger charge is -2.13. The van der Waals surface area contributed by atoms with Crippen molar-refractivity contribution in [2.24, 2.45) is 0 Å². The summed E-state index contributed by atoms with van der Waals surface area (Å²) in [5.41, 5.74) is 2.27. The largest absolute Gasteiger partial charge is 0.462 e. The van der Waals surface area contributed by atoms with Crippen LogP contribution in [0.15, 0.2) is 72.8 Å². The maximum Gasteiger partial charge on any atom is 0.340 e. The van der Waals surface area contributed by atoms with Crippen LogP contribution >= 0.6 is 0 Å². The van der Waals surface area contributed by atoms with E-state index in [1.165, 1.54) is 24.3 Å². The van der Waals surface area contributed by atoms with Gasteiger partial charge in [-0.3, -0.25) is 9.52 Å². The van der Waals surface area contributed by atoms with Gasteiger partial charge < -0.3 is 14.8 Å². The predicted molar refractivity (Wildman–Crippen MR) is 132 cm³/mol. The van der Waals surface area contributed by atoms with Gasteiger partial charge in [-0.05, 0) is 48.4 Å². The second-order valence-electron chi connectivity index (χ2n) is 7.43. The first-order valence-corrected chi connectivity index (χ1v) is 12.5. The Morgan fingerprint density at radius 1 is 0.829 bits per heavy atom. The van der Waals surface area contributed by atoms with E-state index in [0.29, 0.717) is 0 Å². The summed E-state index contributed by atoms with van der Waals surface area (Å²) in [4.78, 5) is 37.3. The molecule has 9 nitrogen and oxygen atoms in total. The number of esters is 2. The molecule has 0 radical (unpaired) electrons. The molecule has 3 aromatic rings. The number of amides is 1. The van der Waals surface area contributed by atoms with E-state index in [2.05, 4.69) is 10.0 Å². The number of carbonyl (C=O) groups is 3. The van der Waals surface area contributed by atoms with Crippen LogP contribution in [-0.2, 0) is 24.3 Å². The molecule has 0 aliphatic carbocycles. The third kappa shape index (κ3) is 7.41. The Morgan fingerprint density at radius 3 is 2.26 bits per heavy atom. The molecular weight excluding hydrogens is 472 g/mol. The highest BCUT2D eigenvalue weighted by atomic mass is 32.2. The maximum atomic E-state index is 12.5. The number of anilines is 2. The molecule has 182 valence electrons. The minimum atomic E-state index is -3.52. The Morgan fingerprint density at radius 2 is 1.57 bits per heavy atom. The quantitative estimate of drug-likeness (QED) is 0.432. The molecule has 0 aliphatic heterocycles. The second-order valence-corrected chi connectivity index (χ2v) is 9.17. The van der Waals surface area contributed by atoms with E-state index >= 15 is 0 Å². The summed E-state index contributed by atoms with van der Waals surface area (Å²) in [6.07, 6.45) is 0.985. The molecular formula is C25H24N2O7S. The number of hydrogen-bond acceptors (Lipinski definition) is 7. The highest BCUT2D eigenvalue weighted by molar-refractivity contribution is 7.92. The van der Waals surface area contributed by atoms with E-state index in [1.807, 2.05) is 30.3 Å². The molecule has 0 atom stereocenters. The van der Waals surface area contributed by atoms with Crippen LogP contribution in [0.25, 0.3) is 11.1 Å². The van der Waals surface area contributed by atoms with Gasteiger partial charge in [0.05, 0.1) is 29.7 Å². The minimum absolute atomic E-state index is 0.0610. The molecule has 0 aliphatic rings. The zero-order valence-corrected chi connectivity index (χ0v) is 19.9. The Balaban J connectivity index is 1.71. The fourth-order valence-electron chi connectivity index (χ4n) is 3.17. The molecule has 0 unspecified atom stereocenters. The number of rotatable bonds is 9. The molecule has 0 fully saturated rings. The van der Waals surface area contributed by atoms with Crippen LogP contribution in [0.4, 0.5) is 11.4 Å². The van der Waals surface area contributed by atoms with Crippen molar-refractivity contribution in [3.63, 3.8) is 0 Å². The lowest BCUT2D eigenvalue weighted by atomic mass is 10.0. The SMILES string of the molecule is CCOC(=O)c1cc(-c2ccccc2)ccc1NC(=O)COC(=O)c1cccc(NS(C)(=O)=O)c1. The molecule has 0 spiro atoms. The normalized spacial score (nSPS) is 10.8. The van der Waals surface area contributed by atoms with Gasteiger partial charge in [-0.1, -0.05) is 42.5 Å². The predicted octanol–water partition coefficient (Wildman–Crippen LogP) is 3.70. The van der Waals surface area contributed by atoms with Gasteiger partial charge in [0.25, 0.3) is 5.91 Å². The lowest BCUT2D eigenvalue weighted by Crippen LogP contribution is -2.22. The number of hydrogen-bond donors (Lipinski definition) is 2. The molecule has 0 saturated carbocycles. The topological polar surface area (TPSA) is 128 Å². The van der Waals surface area contributed by atoms with E-state index in [4.69, 9.17) is 9.47 Å². The first-order valence-electron chi connectivity index (χ1n) is 10.6. The summed E-state index contributed by atoms with van der Waals surface area (Å²) in [6.45, 7) is 1.22. The van der Waals surface area contributed by atoms with Crippen LogP contribution in [-0.4, -0.2) is 45.7 Å². The Bertz CT molecular complexity index is 1340. The van der Waals surface area contributed by atoms with Gasteiger partial charge >= 0.3 is 11.9 Å². The first-order chi connectivity index (χ1) is 16.7. The molecule has 3 rings (SSSR count). The summed E-state index contributed by atoms with van der Waals surface area (Å²) >= 11 is 0. The zero-order valence-electron chi connectivity index (χ0n) is 19.1. The number of ether oxygens (including phenoxy) is 2. The highest BCUT2D eigenvalue weighted by Gasteiger charge is 2.18. The molecule has 0 bridgehead atoms. The molecule has 0 saturated heterocycles. The van der Waals surface area contributed by atoms with Gasteiger partial charge in [-0.15, -0.1) is 0 Å². The first kappa shape index (κ1) is 25.4. The molecule has 1 amide bonds. The van der Waals surface area contributed by atoms with E-state index < -0.39 is 34.5 Å². The van der Waals surface area contributed by atoms with Crippen LogP contribution in [0.1, 0.15) is 27.6 Å². The van der Waals surface area contributed by atoms with E-state index in [0.717, 1.165) is 17.4 Å². The number of carbonyl (C=O) groups excluding carboxylic acids is 3. The molecule has 35 heavy (non-hydrogen) atoms. The van der Waals surface area contributed by atoms with Crippen molar-refractivity contribution in [2.45, 2.75) is 6.92 Å². The molecule has 3 aromatic carbocycles.